The lowest BCUT2D eigenvalue weighted by Crippen LogP contribution is -2.31. The first-order chi connectivity index (χ1) is 14.4. The topological polar surface area (TPSA) is 121 Å². The van der Waals surface area contributed by atoms with Gasteiger partial charge in [0.1, 0.15) is 5.75 Å². The van der Waals surface area contributed by atoms with Crippen molar-refractivity contribution in [2.75, 3.05) is 18.6 Å². The Hall–Kier alpha value is -3.85. The third-order valence-electron chi connectivity index (χ3n) is 4.74. The number of hydrogen-bond donors (Lipinski definition) is 3. The number of fused-ring (bicyclic) bond motifs is 1. The molecule has 9 heteroatoms. The monoisotopic (exact) mass is 411 g/mol. The van der Waals surface area contributed by atoms with Crippen molar-refractivity contribution in [2.24, 2.45) is 0 Å². The second kappa shape index (κ2) is 9.10. The molecule has 30 heavy (non-hydrogen) atoms. The first-order valence-electron chi connectivity index (χ1n) is 9.16. The number of ether oxygens (including phenoxy) is 1. The maximum atomic E-state index is 12.8. The van der Waals surface area contributed by atoms with Gasteiger partial charge in [0.2, 0.25) is 0 Å². The molecule has 156 valence electrons. The minimum atomic E-state index is -1.09. The van der Waals surface area contributed by atoms with E-state index in [1.54, 1.807) is 48.1 Å². The van der Waals surface area contributed by atoms with Crippen molar-refractivity contribution in [1.29, 1.82) is 0 Å². The van der Waals surface area contributed by atoms with Gasteiger partial charge in [-0.3, -0.25) is 19.7 Å². The van der Waals surface area contributed by atoms with E-state index in [0.717, 1.165) is 0 Å². The summed E-state index contributed by atoms with van der Waals surface area (Å²) in [4.78, 5) is 37.2. The van der Waals surface area contributed by atoms with Gasteiger partial charge < -0.3 is 14.4 Å². The van der Waals surface area contributed by atoms with Gasteiger partial charge >= 0.3 is 6.09 Å². The molecule has 0 fully saturated rings. The molecule has 0 aliphatic carbocycles. The van der Waals surface area contributed by atoms with Crippen LogP contribution in [0.2, 0.25) is 0 Å². The van der Waals surface area contributed by atoms with Gasteiger partial charge in [-0.15, -0.1) is 0 Å². The van der Waals surface area contributed by atoms with Gasteiger partial charge in [0.25, 0.3) is 11.5 Å². The van der Waals surface area contributed by atoms with Crippen LogP contribution in [0.3, 0.4) is 0 Å². The van der Waals surface area contributed by atoms with E-state index in [2.05, 4.69) is 0 Å². The van der Waals surface area contributed by atoms with Crippen LogP contribution in [-0.4, -0.2) is 40.5 Å². The Balaban J connectivity index is 1.76. The standard InChI is InChI=1S/C21H21N3O6/c1-30-17-7-5-16(6-8-17)24(21(27)28)11-2-10-23-12-9-14-3-4-15(19(25)22-29)13-18(14)20(23)26/h3-9,12-13,29H,2,10-11H2,1H3,(H,22,25)(H,27,28). The number of carbonyl (C=O) groups excluding carboxylic acids is 1. The summed E-state index contributed by atoms with van der Waals surface area (Å²) in [6.45, 7) is 0.490. The van der Waals surface area contributed by atoms with Crippen LogP contribution in [0.15, 0.2) is 59.5 Å². The fourth-order valence-electron chi connectivity index (χ4n) is 3.16. The first-order valence-corrected chi connectivity index (χ1v) is 9.16. The van der Waals surface area contributed by atoms with E-state index in [1.165, 1.54) is 28.7 Å². The summed E-state index contributed by atoms with van der Waals surface area (Å²) in [5.41, 5.74) is 1.92. The third-order valence-corrected chi connectivity index (χ3v) is 4.74. The molecule has 2 amide bonds. The number of carboxylic acid groups (broad SMARTS) is 1. The molecule has 0 aliphatic rings. The second-order valence-electron chi connectivity index (χ2n) is 6.54. The summed E-state index contributed by atoms with van der Waals surface area (Å²) in [7, 11) is 1.53. The summed E-state index contributed by atoms with van der Waals surface area (Å²) in [5.74, 6) is -0.0793. The van der Waals surface area contributed by atoms with E-state index in [0.29, 0.717) is 35.2 Å². The van der Waals surface area contributed by atoms with Gasteiger partial charge in [0, 0.05) is 35.9 Å². The Morgan fingerprint density at radius 3 is 2.50 bits per heavy atom. The van der Waals surface area contributed by atoms with Crippen LogP contribution >= 0.6 is 0 Å². The average molecular weight is 411 g/mol. The van der Waals surface area contributed by atoms with Gasteiger partial charge in [0.15, 0.2) is 0 Å². The summed E-state index contributed by atoms with van der Waals surface area (Å²) in [6, 6.07) is 13.0. The van der Waals surface area contributed by atoms with Crippen LogP contribution in [0.25, 0.3) is 10.8 Å². The predicted molar refractivity (Wildman–Crippen MR) is 110 cm³/mol. The number of hydrogen-bond acceptors (Lipinski definition) is 5. The molecule has 0 aliphatic heterocycles. The minimum Gasteiger partial charge on any atom is -0.497 e. The molecular formula is C21H21N3O6. The zero-order chi connectivity index (χ0) is 21.7. The van der Waals surface area contributed by atoms with Crippen molar-refractivity contribution in [2.45, 2.75) is 13.0 Å². The molecule has 9 nitrogen and oxygen atoms in total. The molecule has 0 spiro atoms. The zero-order valence-corrected chi connectivity index (χ0v) is 16.2. The number of nitrogens with one attached hydrogen (secondary N) is 1. The van der Waals surface area contributed by atoms with Gasteiger partial charge in [0.05, 0.1) is 7.11 Å². The Labute approximate surface area is 171 Å². The van der Waals surface area contributed by atoms with E-state index < -0.39 is 12.0 Å². The highest BCUT2D eigenvalue weighted by atomic mass is 16.5. The molecule has 3 aromatic rings. The lowest BCUT2D eigenvalue weighted by molar-refractivity contribution is 0.0706. The Morgan fingerprint density at radius 1 is 1.13 bits per heavy atom. The van der Waals surface area contributed by atoms with E-state index in [9.17, 15) is 19.5 Å². The molecule has 1 aromatic heterocycles. The van der Waals surface area contributed by atoms with E-state index in [-0.39, 0.29) is 17.7 Å². The number of carbonyl (C=O) groups is 2. The SMILES string of the molecule is COc1ccc(N(CCCn2ccc3ccc(C(=O)NO)cc3c2=O)C(=O)O)cc1. The lowest BCUT2D eigenvalue weighted by atomic mass is 10.1. The van der Waals surface area contributed by atoms with Crippen molar-refractivity contribution in [1.82, 2.24) is 10.0 Å². The van der Waals surface area contributed by atoms with E-state index >= 15 is 0 Å². The maximum absolute atomic E-state index is 12.8. The number of aromatic nitrogens is 1. The average Bonchev–Trinajstić information content (AvgIpc) is 2.77. The van der Waals surface area contributed by atoms with Gasteiger partial charge in [-0.2, -0.15) is 0 Å². The number of amides is 2. The van der Waals surface area contributed by atoms with Crippen molar-refractivity contribution < 1.29 is 24.6 Å². The van der Waals surface area contributed by atoms with Crippen LogP contribution < -0.4 is 20.7 Å². The normalized spacial score (nSPS) is 10.6. The van der Waals surface area contributed by atoms with E-state index in [4.69, 9.17) is 9.94 Å². The van der Waals surface area contributed by atoms with Crippen LogP contribution in [0.1, 0.15) is 16.8 Å². The highest BCUT2D eigenvalue weighted by Crippen LogP contribution is 2.20. The summed E-state index contributed by atoms with van der Waals surface area (Å²) >= 11 is 0. The molecule has 1 heterocycles. The van der Waals surface area contributed by atoms with Crippen LogP contribution in [0.4, 0.5) is 10.5 Å². The fourth-order valence-corrected chi connectivity index (χ4v) is 3.16. The first kappa shape index (κ1) is 20.9. The molecule has 0 atom stereocenters. The van der Waals surface area contributed by atoms with Crippen LogP contribution in [-0.2, 0) is 6.54 Å². The van der Waals surface area contributed by atoms with Crippen molar-refractivity contribution in [3.8, 4) is 5.75 Å². The van der Waals surface area contributed by atoms with Gasteiger partial charge in [-0.1, -0.05) is 6.07 Å². The van der Waals surface area contributed by atoms with E-state index in [1.807, 2.05) is 0 Å². The lowest BCUT2D eigenvalue weighted by Gasteiger charge is -2.20. The number of methoxy groups -OCH3 is 1. The Bertz CT molecular complexity index is 1120. The minimum absolute atomic E-state index is 0.163. The number of rotatable bonds is 7. The Morgan fingerprint density at radius 2 is 1.87 bits per heavy atom. The largest absolute Gasteiger partial charge is 0.497 e. The number of nitrogens with zero attached hydrogens (tertiary/aromatic N) is 2. The zero-order valence-electron chi connectivity index (χ0n) is 16.2. The molecule has 3 rings (SSSR count). The molecule has 0 saturated carbocycles. The summed E-state index contributed by atoms with van der Waals surface area (Å²) in [5, 5.41) is 19.3. The van der Waals surface area contributed by atoms with Crippen LogP contribution in [0.5, 0.6) is 5.75 Å². The summed E-state index contributed by atoms with van der Waals surface area (Å²) < 4.78 is 6.55. The third kappa shape index (κ3) is 4.41. The highest BCUT2D eigenvalue weighted by molar-refractivity contribution is 5.97. The molecule has 2 aromatic carbocycles. The highest BCUT2D eigenvalue weighted by Gasteiger charge is 2.14. The molecule has 3 N–H and O–H groups in total. The van der Waals surface area contributed by atoms with Crippen molar-refractivity contribution in [3.05, 3.63) is 70.6 Å². The van der Waals surface area contributed by atoms with Crippen molar-refractivity contribution in [3.63, 3.8) is 0 Å². The summed E-state index contributed by atoms with van der Waals surface area (Å²) in [6.07, 6.45) is 0.945. The predicted octanol–water partition coefficient (Wildman–Crippen LogP) is 2.70. The number of pyridine rings is 1. The smallest absolute Gasteiger partial charge is 0.411 e. The molecule has 0 unspecified atom stereocenters. The molecular weight excluding hydrogens is 390 g/mol. The molecule has 0 bridgehead atoms. The van der Waals surface area contributed by atoms with Gasteiger partial charge in [-0.05, 0) is 54.3 Å². The molecule has 0 saturated heterocycles. The second-order valence-corrected chi connectivity index (χ2v) is 6.54. The number of aryl methyl sites for hydroxylation is 1. The molecule has 0 radical (unpaired) electrons. The Kier molecular flexibility index (Phi) is 6.33. The maximum Gasteiger partial charge on any atom is 0.411 e. The number of hydroxylamine groups is 1. The number of anilines is 1. The number of benzene rings is 2. The quantitative estimate of drug-likeness (QED) is 0.406. The van der Waals surface area contributed by atoms with Crippen LogP contribution in [0, 0.1) is 0 Å². The van der Waals surface area contributed by atoms with Gasteiger partial charge in [-0.25, -0.2) is 10.3 Å². The fraction of sp³-hybridized carbons (Fsp3) is 0.190. The van der Waals surface area contributed by atoms with Crippen molar-refractivity contribution >= 4 is 28.5 Å².